The predicted molar refractivity (Wildman–Crippen MR) is 97.7 cm³/mol. The molecule has 1 aromatic carbocycles. The van der Waals surface area contributed by atoms with E-state index in [0.29, 0.717) is 51.2 Å². The van der Waals surface area contributed by atoms with E-state index in [-0.39, 0.29) is 11.7 Å². The Labute approximate surface area is 157 Å². The number of carbonyl (C=O) groups is 1. The number of piperidine rings is 1. The maximum atomic E-state index is 13.2. The zero-order valence-electron chi connectivity index (χ0n) is 15.4. The third-order valence-corrected chi connectivity index (χ3v) is 5.14. The number of aromatic hydroxyl groups is 1. The smallest absolute Gasteiger partial charge is 0.246 e. The van der Waals surface area contributed by atoms with Crippen LogP contribution < -0.4 is 5.32 Å². The van der Waals surface area contributed by atoms with Gasteiger partial charge in [-0.3, -0.25) is 9.69 Å². The molecule has 0 radical (unpaired) electrons. The lowest BCUT2D eigenvalue weighted by Gasteiger charge is -2.41. The Morgan fingerprint density at radius 3 is 2.81 bits per heavy atom. The molecule has 2 N–H and O–H groups in total. The Kier molecular flexibility index (Phi) is 6.08. The number of hydrogen-bond acceptors (Lipinski definition) is 5. The third-order valence-electron chi connectivity index (χ3n) is 5.14. The molecule has 27 heavy (non-hydrogen) atoms. The van der Waals surface area contributed by atoms with Gasteiger partial charge in [-0.25, -0.2) is 9.37 Å². The minimum Gasteiger partial charge on any atom is -0.508 e. The molecule has 1 fully saturated rings. The predicted octanol–water partition coefficient (Wildman–Crippen LogP) is 1.48. The average molecular weight is 376 g/mol. The second-order valence-electron chi connectivity index (χ2n) is 6.80. The standard InChI is InChI=1S/C19H25FN4O3/c1-27-11-7-22-18(26)19(24-10-6-21-14-24)4-8-23(9-5-19)13-15-2-3-16(20)12-17(15)25/h2-3,6,10,12,14,25H,4-5,7-9,11,13H2,1H3,(H,22,26). The topological polar surface area (TPSA) is 79.6 Å². The number of imidazole rings is 1. The normalized spacial score (nSPS) is 17.0. The highest BCUT2D eigenvalue weighted by molar-refractivity contribution is 5.84. The van der Waals surface area contributed by atoms with Crippen molar-refractivity contribution in [3.05, 3.63) is 48.3 Å². The van der Waals surface area contributed by atoms with Crippen LogP contribution in [0.25, 0.3) is 0 Å². The number of carbonyl (C=O) groups excluding carboxylic acids is 1. The van der Waals surface area contributed by atoms with Gasteiger partial charge in [-0.2, -0.15) is 0 Å². The molecule has 0 unspecified atom stereocenters. The van der Waals surface area contributed by atoms with Crippen LogP contribution in [-0.4, -0.2) is 58.8 Å². The van der Waals surface area contributed by atoms with Crippen molar-refractivity contribution >= 4 is 5.91 Å². The number of benzene rings is 1. The number of nitrogens with zero attached hydrogens (tertiary/aromatic N) is 3. The van der Waals surface area contributed by atoms with Gasteiger partial charge >= 0.3 is 0 Å². The van der Waals surface area contributed by atoms with Crippen LogP contribution in [0.3, 0.4) is 0 Å². The molecule has 3 rings (SSSR count). The first kappa shape index (κ1) is 19.3. The molecule has 8 heteroatoms. The van der Waals surface area contributed by atoms with Gasteiger partial charge in [0.25, 0.3) is 0 Å². The molecule has 146 valence electrons. The van der Waals surface area contributed by atoms with Gasteiger partial charge in [0.2, 0.25) is 5.91 Å². The van der Waals surface area contributed by atoms with Gasteiger partial charge in [0.1, 0.15) is 17.1 Å². The van der Waals surface area contributed by atoms with E-state index in [0.717, 1.165) is 6.07 Å². The molecule has 2 heterocycles. The van der Waals surface area contributed by atoms with E-state index >= 15 is 0 Å². The van der Waals surface area contributed by atoms with Crippen molar-refractivity contribution in [1.29, 1.82) is 0 Å². The van der Waals surface area contributed by atoms with Crippen LogP contribution in [0, 0.1) is 5.82 Å². The van der Waals surface area contributed by atoms with Crippen molar-refractivity contribution in [1.82, 2.24) is 19.8 Å². The molecule has 0 saturated carbocycles. The summed E-state index contributed by atoms with van der Waals surface area (Å²) in [6, 6.07) is 4.07. The van der Waals surface area contributed by atoms with E-state index < -0.39 is 11.4 Å². The molecule has 1 aromatic heterocycles. The zero-order valence-corrected chi connectivity index (χ0v) is 15.4. The molecule has 1 saturated heterocycles. The first-order valence-corrected chi connectivity index (χ1v) is 9.00. The summed E-state index contributed by atoms with van der Waals surface area (Å²) in [5.41, 5.74) is -0.0120. The van der Waals surface area contributed by atoms with Crippen molar-refractivity contribution in [2.45, 2.75) is 24.9 Å². The Morgan fingerprint density at radius 1 is 1.41 bits per heavy atom. The van der Waals surface area contributed by atoms with Crippen molar-refractivity contribution in [3.8, 4) is 5.75 Å². The first-order valence-electron chi connectivity index (χ1n) is 9.00. The van der Waals surface area contributed by atoms with Crippen LogP contribution in [0.15, 0.2) is 36.9 Å². The number of nitrogens with one attached hydrogen (secondary N) is 1. The Hall–Kier alpha value is -2.45. The van der Waals surface area contributed by atoms with E-state index in [1.54, 1.807) is 25.7 Å². The van der Waals surface area contributed by atoms with Crippen molar-refractivity contribution in [3.63, 3.8) is 0 Å². The molecule has 0 bridgehead atoms. The van der Waals surface area contributed by atoms with Crippen LogP contribution in [0.4, 0.5) is 4.39 Å². The van der Waals surface area contributed by atoms with E-state index in [4.69, 9.17) is 4.74 Å². The molecule has 7 nitrogen and oxygen atoms in total. The van der Waals surface area contributed by atoms with Crippen molar-refractivity contribution in [2.24, 2.45) is 0 Å². The fourth-order valence-electron chi connectivity index (χ4n) is 3.54. The number of phenols is 1. The maximum Gasteiger partial charge on any atom is 0.246 e. The average Bonchev–Trinajstić information content (AvgIpc) is 3.20. The number of amides is 1. The van der Waals surface area contributed by atoms with Gasteiger partial charge in [0, 0.05) is 57.3 Å². The zero-order chi connectivity index (χ0) is 19.3. The number of ether oxygens (including phenoxy) is 1. The Morgan fingerprint density at radius 2 is 2.19 bits per heavy atom. The van der Waals surface area contributed by atoms with Gasteiger partial charge < -0.3 is 19.7 Å². The highest BCUT2D eigenvalue weighted by Crippen LogP contribution is 2.32. The van der Waals surface area contributed by atoms with Crippen LogP contribution in [0.2, 0.25) is 0 Å². The quantitative estimate of drug-likeness (QED) is 0.716. The lowest BCUT2D eigenvalue weighted by molar-refractivity contribution is -0.132. The molecular weight excluding hydrogens is 351 g/mol. The van der Waals surface area contributed by atoms with E-state index in [1.165, 1.54) is 6.07 Å². The van der Waals surface area contributed by atoms with E-state index in [1.807, 2.05) is 10.8 Å². The molecule has 0 aliphatic carbocycles. The Balaban J connectivity index is 1.69. The summed E-state index contributed by atoms with van der Waals surface area (Å²) in [5, 5.41) is 12.9. The third kappa shape index (κ3) is 4.28. The van der Waals surface area contributed by atoms with Crippen LogP contribution in [0.5, 0.6) is 5.75 Å². The van der Waals surface area contributed by atoms with Crippen LogP contribution in [0.1, 0.15) is 18.4 Å². The summed E-state index contributed by atoms with van der Waals surface area (Å²) in [4.78, 5) is 19.2. The summed E-state index contributed by atoms with van der Waals surface area (Å²) >= 11 is 0. The van der Waals surface area contributed by atoms with E-state index in [2.05, 4.69) is 15.2 Å². The molecule has 1 aliphatic heterocycles. The SMILES string of the molecule is COCCNC(=O)C1(n2ccnc2)CCN(Cc2ccc(F)cc2O)CC1. The van der Waals surface area contributed by atoms with Gasteiger partial charge in [-0.05, 0) is 18.9 Å². The number of rotatable bonds is 7. The lowest BCUT2D eigenvalue weighted by Crippen LogP contribution is -2.55. The first-order chi connectivity index (χ1) is 13.0. The summed E-state index contributed by atoms with van der Waals surface area (Å²) in [6.45, 7) is 2.78. The van der Waals surface area contributed by atoms with Gasteiger partial charge in [-0.1, -0.05) is 6.07 Å². The van der Waals surface area contributed by atoms with Gasteiger partial charge in [-0.15, -0.1) is 0 Å². The maximum absolute atomic E-state index is 13.2. The minimum atomic E-state index is -0.689. The molecule has 1 amide bonds. The summed E-state index contributed by atoms with van der Waals surface area (Å²) in [7, 11) is 1.60. The largest absolute Gasteiger partial charge is 0.508 e. The molecular formula is C19H25FN4O3. The number of phenolic OH excluding ortho intramolecular Hbond substituents is 1. The highest BCUT2D eigenvalue weighted by Gasteiger charge is 2.42. The second kappa shape index (κ2) is 8.49. The number of hydrogen-bond donors (Lipinski definition) is 2. The fraction of sp³-hybridized carbons (Fsp3) is 0.474. The number of methoxy groups -OCH3 is 1. The highest BCUT2D eigenvalue weighted by atomic mass is 19.1. The number of aromatic nitrogens is 2. The molecule has 2 aromatic rings. The van der Waals surface area contributed by atoms with Gasteiger partial charge in [0.05, 0.1) is 12.9 Å². The number of halogens is 1. The molecule has 0 atom stereocenters. The summed E-state index contributed by atoms with van der Waals surface area (Å²) in [5.74, 6) is -0.540. The molecule has 1 aliphatic rings. The summed E-state index contributed by atoms with van der Waals surface area (Å²) < 4.78 is 20.1. The van der Waals surface area contributed by atoms with Crippen molar-refractivity contribution in [2.75, 3.05) is 33.4 Å². The molecule has 0 spiro atoms. The van der Waals surface area contributed by atoms with Gasteiger partial charge in [0.15, 0.2) is 0 Å². The second-order valence-corrected chi connectivity index (χ2v) is 6.80. The number of likely N-dealkylation sites (tertiary alicyclic amines) is 1. The van der Waals surface area contributed by atoms with E-state index in [9.17, 15) is 14.3 Å². The Bertz CT molecular complexity index is 758. The monoisotopic (exact) mass is 376 g/mol. The van der Waals surface area contributed by atoms with Crippen LogP contribution >= 0.6 is 0 Å². The minimum absolute atomic E-state index is 0.0400. The summed E-state index contributed by atoms with van der Waals surface area (Å²) in [6.07, 6.45) is 6.40. The lowest BCUT2D eigenvalue weighted by atomic mass is 9.85. The van der Waals surface area contributed by atoms with Crippen LogP contribution in [-0.2, 0) is 21.6 Å². The van der Waals surface area contributed by atoms with Crippen molar-refractivity contribution < 1.29 is 19.0 Å². The fourth-order valence-corrected chi connectivity index (χ4v) is 3.54.